The van der Waals surface area contributed by atoms with Crippen molar-refractivity contribution < 1.29 is 9.59 Å². The number of rotatable bonds is 6. The second-order valence-corrected chi connectivity index (χ2v) is 8.74. The highest BCUT2D eigenvalue weighted by molar-refractivity contribution is 5.95. The van der Waals surface area contributed by atoms with Gasteiger partial charge in [-0.05, 0) is 61.4 Å². The number of nitrogens with zero attached hydrogens (tertiary/aromatic N) is 4. The maximum absolute atomic E-state index is 12.9. The average molecular weight is 479 g/mol. The molecule has 2 atom stereocenters. The van der Waals surface area contributed by atoms with E-state index in [0.29, 0.717) is 22.5 Å². The molecule has 8 nitrogen and oxygen atoms in total. The van der Waals surface area contributed by atoms with E-state index in [2.05, 4.69) is 30.6 Å². The summed E-state index contributed by atoms with van der Waals surface area (Å²) in [6, 6.07) is 18.0. The molecule has 2 amide bonds. The Labute approximate surface area is 209 Å². The Morgan fingerprint density at radius 1 is 0.583 bits per heavy atom. The fraction of sp³-hybridized carbons (Fsp3) is 0.214. The molecule has 1 saturated carbocycles. The summed E-state index contributed by atoms with van der Waals surface area (Å²) in [7, 11) is 0. The zero-order chi connectivity index (χ0) is 24.7. The molecular formula is C28H26N6O2. The van der Waals surface area contributed by atoms with Crippen LogP contribution in [0, 0.1) is 0 Å². The van der Waals surface area contributed by atoms with Crippen LogP contribution in [0.1, 0.15) is 46.4 Å². The van der Waals surface area contributed by atoms with E-state index in [1.165, 1.54) is 0 Å². The van der Waals surface area contributed by atoms with E-state index in [4.69, 9.17) is 0 Å². The summed E-state index contributed by atoms with van der Waals surface area (Å²) < 4.78 is 0. The Morgan fingerprint density at radius 3 is 1.39 bits per heavy atom. The maximum atomic E-state index is 12.9. The number of carbonyl (C=O) groups excluding carboxylic acids is 2. The van der Waals surface area contributed by atoms with Crippen LogP contribution in [0.4, 0.5) is 0 Å². The summed E-state index contributed by atoms with van der Waals surface area (Å²) in [5.74, 6) is -0.412. The highest BCUT2D eigenvalue weighted by Gasteiger charge is 2.28. The molecule has 4 heterocycles. The number of carbonyl (C=O) groups is 2. The summed E-state index contributed by atoms with van der Waals surface area (Å²) in [5.41, 5.74) is 3.86. The number of amides is 2. The fourth-order valence-corrected chi connectivity index (χ4v) is 4.37. The molecule has 1 aliphatic rings. The predicted octanol–water partition coefficient (Wildman–Crippen LogP) is 4.07. The van der Waals surface area contributed by atoms with Gasteiger partial charge >= 0.3 is 0 Å². The third-order valence-electron chi connectivity index (χ3n) is 6.30. The van der Waals surface area contributed by atoms with E-state index in [1.807, 2.05) is 36.4 Å². The Kier molecular flexibility index (Phi) is 7.02. The van der Waals surface area contributed by atoms with Crippen LogP contribution < -0.4 is 10.6 Å². The van der Waals surface area contributed by atoms with Crippen molar-refractivity contribution in [3.63, 3.8) is 0 Å². The molecule has 8 heteroatoms. The first-order chi connectivity index (χ1) is 17.7. The lowest BCUT2D eigenvalue weighted by Gasteiger charge is -2.32. The number of hydrogen-bond donors (Lipinski definition) is 2. The van der Waals surface area contributed by atoms with Crippen LogP contribution in [0.25, 0.3) is 22.8 Å². The van der Waals surface area contributed by atoms with Gasteiger partial charge in [0.2, 0.25) is 0 Å². The molecule has 180 valence electrons. The van der Waals surface area contributed by atoms with Crippen molar-refractivity contribution in [2.75, 3.05) is 0 Å². The molecule has 0 aliphatic heterocycles. The molecule has 0 aromatic carbocycles. The van der Waals surface area contributed by atoms with Gasteiger partial charge in [0.1, 0.15) is 0 Å². The van der Waals surface area contributed by atoms with Crippen molar-refractivity contribution in [2.45, 2.75) is 37.8 Å². The Hall–Kier alpha value is -4.46. The molecule has 1 aliphatic carbocycles. The zero-order valence-electron chi connectivity index (χ0n) is 19.7. The molecule has 0 radical (unpaired) electrons. The van der Waals surface area contributed by atoms with Gasteiger partial charge in [0.05, 0.1) is 33.9 Å². The summed E-state index contributed by atoms with van der Waals surface area (Å²) in [4.78, 5) is 43.2. The molecule has 0 spiro atoms. The van der Waals surface area contributed by atoms with Crippen molar-refractivity contribution in [3.8, 4) is 22.8 Å². The van der Waals surface area contributed by atoms with E-state index in [1.54, 1.807) is 49.1 Å². The van der Waals surface area contributed by atoms with E-state index in [0.717, 1.165) is 37.1 Å². The number of nitrogens with one attached hydrogen (secondary N) is 2. The van der Waals surface area contributed by atoms with Gasteiger partial charge in [-0.1, -0.05) is 25.0 Å². The SMILES string of the molecule is O=C(N[C@@H]1CCCC[C@H]1NC(=O)c1ccc(-c2ccccn2)nc1)c1ccc(-c2ccccn2)nc1. The zero-order valence-corrected chi connectivity index (χ0v) is 19.7. The van der Waals surface area contributed by atoms with Crippen LogP contribution in [-0.4, -0.2) is 43.8 Å². The minimum atomic E-state index is -0.206. The molecule has 1 fully saturated rings. The largest absolute Gasteiger partial charge is 0.347 e. The van der Waals surface area contributed by atoms with Crippen LogP contribution in [0.2, 0.25) is 0 Å². The Morgan fingerprint density at radius 2 is 1.03 bits per heavy atom. The van der Waals surface area contributed by atoms with Crippen molar-refractivity contribution in [2.24, 2.45) is 0 Å². The molecule has 4 aromatic rings. The number of hydrogen-bond acceptors (Lipinski definition) is 6. The quantitative estimate of drug-likeness (QED) is 0.432. The van der Waals surface area contributed by atoms with Crippen LogP contribution >= 0.6 is 0 Å². The minimum Gasteiger partial charge on any atom is -0.347 e. The minimum absolute atomic E-state index is 0.161. The van der Waals surface area contributed by atoms with E-state index in [-0.39, 0.29) is 23.9 Å². The average Bonchev–Trinajstić information content (AvgIpc) is 2.95. The maximum Gasteiger partial charge on any atom is 0.253 e. The fourth-order valence-electron chi connectivity index (χ4n) is 4.37. The lowest BCUT2D eigenvalue weighted by Crippen LogP contribution is -2.53. The standard InChI is InChI=1S/C28H26N6O2/c35-27(19-11-13-23(31-17-19)21-7-3-5-15-29-21)33-25-9-1-2-10-26(25)34-28(36)20-12-14-24(32-18-20)22-8-4-6-16-30-22/h3-8,11-18,25-26H,1-2,9-10H2,(H,33,35)(H,34,36)/t25-,26-/m1/s1. The molecule has 5 rings (SSSR count). The van der Waals surface area contributed by atoms with Gasteiger partial charge in [0.25, 0.3) is 11.8 Å². The van der Waals surface area contributed by atoms with Gasteiger partial charge in [-0.3, -0.25) is 29.5 Å². The highest BCUT2D eigenvalue weighted by atomic mass is 16.2. The van der Waals surface area contributed by atoms with Crippen LogP contribution in [0.3, 0.4) is 0 Å². The highest BCUT2D eigenvalue weighted by Crippen LogP contribution is 2.21. The second-order valence-electron chi connectivity index (χ2n) is 8.74. The smallest absolute Gasteiger partial charge is 0.253 e. The molecular weight excluding hydrogens is 452 g/mol. The second kappa shape index (κ2) is 10.9. The van der Waals surface area contributed by atoms with Gasteiger partial charge in [-0.25, -0.2) is 0 Å². The summed E-state index contributed by atoms with van der Waals surface area (Å²) in [5, 5.41) is 6.20. The Bertz CT molecular complexity index is 1210. The summed E-state index contributed by atoms with van der Waals surface area (Å²) in [6.45, 7) is 0. The van der Waals surface area contributed by atoms with Crippen LogP contribution in [0.5, 0.6) is 0 Å². The normalized spacial score (nSPS) is 17.2. The molecule has 4 aromatic heterocycles. The van der Waals surface area contributed by atoms with Crippen LogP contribution in [0.15, 0.2) is 85.5 Å². The van der Waals surface area contributed by atoms with Gasteiger partial charge < -0.3 is 10.6 Å². The first-order valence-corrected chi connectivity index (χ1v) is 12.0. The van der Waals surface area contributed by atoms with Crippen molar-refractivity contribution in [1.29, 1.82) is 0 Å². The Balaban J connectivity index is 1.22. The first kappa shape index (κ1) is 23.3. The van der Waals surface area contributed by atoms with E-state index < -0.39 is 0 Å². The third kappa shape index (κ3) is 5.43. The number of pyridine rings is 4. The van der Waals surface area contributed by atoms with Gasteiger partial charge in [0.15, 0.2) is 0 Å². The van der Waals surface area contributed by atoms with Crippen molar-refractivity contribution in [1.82, 2.24) is 30.6 Å². The summed E-state index contributed by atoms with van der Waals surface area (Å²) >= 11 is 0. The summed E-state index contributed by atoms with van der Waals surface area (Å²) in [6.07, 6.45) is 10.1. The number of aromatic nitrogens is 4. The third-order valence-corrected chi connectivity index (χ3v) is 6.30. The topological polar surface area (TPSA) is 110 Å². The van der Waals surface area contributed by atoms with E-state index >= 15 is 0 Å². The monoisotopic (exact) mass is 478 g/mol. The van der Waals surface area contributed by atoms with Crippen molar-refractivity contribution >= 4 is 11.8 Å². The molecule has 36 heavy (non-hydrogen) atoms. The van der Waals surface area contributed by atoms with Crippen molar-refractivity contribution in [3.05, 3.63) is 96.6 Å². The lowest BCUT2D eigenvalue weighted by atomic mass is 9.89. The van der Waals surface area contributed by atoms with Gasteiger partial charge in [-0.15, -0.1) is 0 Å². The lowest BCUT2D eigenvalue weighted by molar-refractivity contribution is 0.0862. The molecule has 2 N–H and O–H groups in total. The van der Waals surface area contributed by atoms with E-state index in [9.17, 15) is 9.59 Å². The first-order valence-electron chi connectivity index (χ1n) is 12.0. The molecule has 0 unspecified atom stereocenters. The molecule has 0 bridgehead atoms. The van der Waals surface area contributed by atoms with Gasteiger partial charge in [0, 0.05) is 36.9 Å². The van der Waals surface area contributed by atoms with Gasteiger partial charge in [-0.2, -0.15) is 0 Å². The molecule has 0 saturated heterocycles. The van der Waals surface area contributed by atoms with Crippen LogP contribution in [-0.2, 0) is 0 Å². The predicted molar refractivity (Wildman–Crippen MR) is 136 cm³/mol.